The van der Waals surface area contributed by atoms with Crippen LogP contribution in [0.3, 0.4) is 0 Å². The number of aromatic nitrogens is 2. The summed E-state index contributed by atoms with van der Waals surface area (Å²) in [5, 5.41) is 14.2. The van der Waals surface area contributed by atoms with Crippen molar-refractivity contribution in [1.29, 1.82) is 0 Å². The number of hydrogen-bond acceptors (Lipinski definition) is 6. The van der Waals surface area contributed by atoms with Crippen LogP contribution < -0.4 is 10.2 Å². The highest BCUT2D eigenvalue weighted by Gasteiger charge is 2.22. The van der Waals surface area contributed by atoms with Gasteiger partial charge in [-0.2, -0.15) is 0 Å². The molecule has 6 nitrogen and oxygen atoms in total. The first kappa shape index (κ1) is 18.1. The number of halogens is 1. The molecule has 8 heteroatoms. The lowest BCUT2D eigenvalue weighted by Gasteiger charge is -2.33. The van der Waals surface area contributed by atoms with Crippen LogP contribution in [-0.4, -0.2) is 53.7 Å². The molecule has 2 aromatic rings. The summed E-state index contributed by atoms with van der Waals surface area (Å²) in [7, 11) is 0. The molecular weight excluding hydrogens is 358 g/mol. The molecular formula is C17H22ClN5OS. The zero-order valence-electron chi connectivity index (χ0n) is 14.4. The topological polar surface area (TPSA) is 61.4 Å². The first-order valence-electron chi connectivity index (χ1n) is 8.37. The number of amides is 1. The van der Waals surface area contributed by atoms with E-state index in [4.69, 9.17) is 11.6 Å². The quantitative estimate of drug-likeness (QED) is 0.865. The summed E-state index contributed by atoms with van der Waals surface area (Å²) in [5.41, 5.74) is 0.767. The van der Waals surface area contributed by atoms with Crippen LogP contribution in [0.1, 0.15) is 24.8 Å². The van der Waals surface area contributed by atoms with Crippen LogP contribution in [0.2, 0.25) is 5.02 Å². The number of anilines is 2. The minimum Gasteiger partial charge on any atom is -0.344 e. The van der Waals surface area contributed by atoms with Crippen LogP contribution >= 0.6 is 22.9 Å². The zero-order valence-corrected chi connectivity index (χ0v) is 16.0. The van der Waals surface area contributed by atoms with E-state index in [9.17, 15) is 4.79 Å². The Labute approximate surface area is 156 Å². The van der Waals surface area contributed by atoms with Crippen molar-refractivity contribution in [1.82, 2.24) is 15.1 Å². The Bertz CT molecular complexity index is 710. The highest BCUT2D eigenvalue weighted by molar-refractivity contribution is 7.15. The minimum absolute atomic E-state index is 0.00576. The Morgan fingerprint density at radius 1 is 1.20 bits per heavy atom. The molecule has 1 fully saturated rings. The predicted octanol–water partition coefficient (Wildman–Crippen LogP) is 3.08. The molecule has 3 rings (SSSR count). The molecule has 0 atom stereocenters. The molecule has 1 aliphatic rings. The predicted molar refractivity (Wildman–Crippen MR) is 103 cm³/mol. The van der Waals surface area contributed by atoms with Gasteiger partial charge in [0.15, 0.2) is 0 Å². The molecule has 1 amide bonds. The maximum atomic E-state index is 12.2. The van der Waals surface area contributed by atoms with Gasteiger partial charge in [0.2, 0.25) is 11.0 Å². The van der Waals surface area contributed by atoms with E-state index in [0.717, 1.165) is 42.0 Å². The molecule has 0 radical (unpaired) electrons. The Morgan fingerprint density at radius 3 is 2.48 bits per heavy atom. The van der Waals surface area contributed by atoms with Gasteiger partial charge in [0.05, 0.1) is 6.54 Å². The molecule has 0 aliphatic carbocycles. The number of benzene rings is 1. The Hall–Kier alpha value is -1.70. The number of rotatable bonds is 5. The molecule has 134 valence electrons. The number of nitrogens with one attached hydrogen (secondary N) is 1. The second kappa shape index (κ2) is 8.12. The van der Waals surface area contributed by atoms with Crippen molar-refractivity contribution in [3.05, 3.63) is 34.3 Å². The monoisotopic (exact) mass is 379 g/mol. The third-order valence-corrected chi connectivity index (χ3v) is 5.60. The number of nitrogens with zero attached hydrogens (tertiary/aromatic N) is 4. The van der Waals surface area contributed by atoms with Gasteiger partial charge >= 0.3 is 0 Å². The molecule has 1 N–H and O–H groups in total. The summed E-state index contributed by atoms with van der Waals surface area (Å²) in [4.78, 5) is 16.6. The van der Waals surface area contributed by atoms with Crippen molar-refractivity contribution in [2.75, 3.05) is 42.9 Å². The summed E-state index contributed by atoms with van der Waals surface area (Å²) >= 11 is 7.51. The summed E-state index contributed by atoms with van der Waals surface area (Å²) < 4.78 is 0. The first-order valence-corrected chi connectivity index (χ1v) is 9.57. The molecule has 2 heterocycles. The molecule has 1 saturated heterocycles. The van der Waals surface area contributed by atoms with Crippen molar-refractivity contribution in [3.63, 3.8) is 0 Å². The van der Waals surface area contributed by atoms with Crippen LogP contribution in [0, 0.1) is 0 Å². The molecule has 0 spiro atoms. The smallest absolute Gasteiger partial charge is 0.238 e. The van der Waals surface area contributed by atoms with Gasteiger partial charge in [0, 0.05) is 42.8 Å². The van der Waals surface area contributed by atoms with E-state index in [1.807, 2.05) is 0 Å². The Balaban J connectivity index is 1.47. The van der Waals surface area contributed by atoms with E-state index in [1.54, 1.807) is 35.6 Å². The third kappa shape index (κ3) is 4.90. The van der Waals surface area contributed by atoms with Crippen LogP contribution in [-0.2, 0) is 4.79 Å². The minimum atomic E-state index is -0.00576. The lowest BCUT2D eigenvalue weighted by Crippen LogP contribution is -2.48. The van der Waals surface area contributed by atoms with E-state index >= 15 is 0 Å². The molecule has 1 aliphatic heterocycles. The van der Waals surface area contributed by atoms with Crippen LogP contribution in [0.25, 0.3) is 0 Å². The second-order valence-corrected chi connectivity index (χ2v) is 7.82. The van der Waals surface area contributed by atoms with Crippen molar-refractivity contribution in [2.45, 2.75) is 19.8 Å². The zero-order chi connectivity index (χ0) is 17.8. The largest absolute Gasteiger partial charge is 0.344 e. The van der Waals surface area contributed by atoms with E-state index in [0.29, 0.717) is 17.5 Å². The first-order chi connectivity index (χ1) is 12.0. The number of hydrogen-bond donors (Lipinski definition) is 1. The van der Waals surface area contributed by atoms with Crippen LogP contribution in [0.15, 0.2) is 24.3 Å². The van der Waals surface area contributed by atoms with Crippen LogP contribution in [0.4, 0.5) is 10.8 Å². The van der Waals surface area contributed by atoms with Gasteiger partial charge in [-0.1, -0.05) is 36.8 Å². The van der Waals surface area contributed by atoms with Gasteiger partial charge in [-0.05, 0) is 24.3 Å². The molecule has 1 aromatic carbocycles. The van der Waals surface area contributed by atoms with Gasteiger partial charge in [0.1, 0.15) is 5.01 Å². The fourth-order valence-electron chi connectivity index (χ4n) is 2.62. The van der Waals surface area contributed by atoms with E-state index < -0.39 is 0 Å². The van der Waals surface area contributed by atoms with E-state index in [-0.39, 0.29) is 5.91 Å². The molecule has 1 aromatic heterocycles. The van der Waals surface area contributed by atoms with Crippen molar-refractivity contribution in [3.8, 4) is 0 Å². The maximum absolute atomic E-state index is 12.2. The van der Waals surface area contributed by atoms with Crippen LogP contribution in [0.5, 0.6) is 0 Å². The fraction of sp³-hybridized carbons (Fsp3) is 0.471. The van der Waals surface area contributed by atoms with Crippen molar-refractivity contribution < 1.29 is 4.79 Å². The standard InChI is InChI=1S/C17H22ClN5OS/c1-12(2)16-20-21-17(25-16)23-9-7-22(8-10-23)11-15(24)19-14-5-3-13(18)4-6-14/h3-6,12H,7-11H2,1-2H3,(H,19,24). The molecule has 0 saturated carbocycles. The molecule has 0 unspecified atom stereocenters. The third-order valence-electron chi connectivity index (χ3n) is 4.06. The molecule has 0 bridgehead atoms. The SMILES string of the molecule is CC(C)c1nnc(N2CCN(CC(=O)Nc3ccc(Cl)cc3)CC2)s1. The lowest BCUT2D eigenvalue weighted by atomic mass is 10.2. The molecule has 25 heavy (non-hydrogen) atoms. The number of carbonyl (C=O) groups is 1. The van der Waals surface area contributed by atoms with E-state index in [1.165, 1.54) is 0 Å². The van der Waals surface area contributed by atoms with Gasteiger partial charge in [-0.25, -0.2) is 0 Å². The number of carbonyl (C=O) groups excluding carboxylic acids is 1. The highest BCUT2D eigenvalue weighted by Crippen LogP contribution is 2.26. The summed E-state index contributed by atoms with van der Waals surface area (Å²) in [6, 6.07) is 7.15. The normalized spacial score (nSPS) is 15.6. The summed E-state index contributed by atoms with van der Waals surface area (Å²) in [5.74, 6) is 0.401. The summed E-state index contributed by atoms with van der Waals surface area (Å²) in [6.07, 6.45) is 0. The lowest BCUT2D eigenvalue weighted by molar-refractivity contribution is -0.117. The van der Waals surface area contributed by atoms with Gasteiger partial charge in [0.25, 0.3) is 0 Å². The van der Waals surface area contributed by atoms with Gasteiger partial charge < -0.3 is 10.2 Å². The Morgan fingerprint density at radius 2 is 1.88 bits per heavy atom. The highest BCUT2D eigenvalue weighted by atomic mass is 35.5. The van der Waals surface area contributed by atoms with Crippen molar-refractivity contribution in [2.24, 2.45) is 0 Å². The fourth-order valence-corrected chi connectivity index (χ4v) is 3.65. The Kier molecular flexibility index (Phi) is 5.88. The van der Waals surface area contributed by atoms with Gasteiger partial charge in [-0.3, -0.25) is 9.69 Å². The summed E-state index contributed by atoms with van der Waals surface area (Å²) in [6.45, 7) is 8.05. The second-order valence-electron chi connectivity index (χ2n) is 6.40. The van der Waals surface area contributed by atoms with Gasteiger partial charge in [-0.15, -0.1) is 10.2 Å². The number of piperazine rings is 1. The van der Waals surface area contributed by atoms with E-state index in [2.05, 4.69) is 39.2 Å². The maximum Gasteiger partial charge on any atom is 0.238 e. The average molecular weight is 380 g/mol. The average Bonchev–Trinajstić information content (AvgIpc) is 3.08. The van der Waals surface area contributed by atoms with Crippen molar-refractivity contribution >= 4 is 39.7 Å².